The van der Waals surface area contributed by atoms with E-state index in [-0.39, 0.29) is 91.4 Å². The van der Waals surface area contributed by atoms with Crippen LogP contribution < -0.4 is 52.8 Å². The molecule has 0 spiro atoms. The Kier molecular flexibility index (Phi) is 17.7. The second kappa shape index (κ2) is 18.1. The molecule has 302 valence electrons. The molecule has 0 aliphatic heterocycles. The minimum absolute atomic E-state index is 0. The van der Waals surface area contributed by atoms with Gasteiger partial charge in [0.25, 0.3) is 0 Å². The van der Waals surface area contributed by atoms with Crippen LogP contribution in [0.3, 0.4) is 0 Å². The average molecular weight is 856 g/mol. The molecular weight excluding hydrogens is 783 g/mol. The summed E-state index contributed by atoms with van der Waals surface area (Å²) in [5.41, 5.74) is 9.96. The fourth-order valence-corrected chi connectivity index (χ4v) is 12.7. The fraction of sp³-hybridized carbons (Fsp3) is 0.560. The van der Waals surface area contributed by atoms with Gasteiger partial charge in [-0.25, -0.2) is 5.20 Å². The van der Waals surface area contributed by atoms with Gasteiger partial charge in [0.15, 0.2) is 0 Å². The molecule has 0 atom stereocenters. The molecule has 0 saturated carbocycles. The van der Waals surface area contributed by atoms with E-state index in [1.165, 1.54) is 59.7 Å². The molecule has 0 heterocycles. The van der Waals surface area contributed by atoms with E-state index in [4.69, 9.17) is 0 Å². The third-order valence-corrected chi connectivity index (χ3v) is 15.9. The second-order valence-corrected chi connectivity index (χ2v) is 25.9. The standard InChI is InChI=1S/C50H73Si.3ClH.Ti/c1-33(2)43-22-21-23-44(43)51(40-27-34(45(3,4)5)24-35(28-40)46(6,7)8,41-29-36(47(9,10)11)25-37(30-41)48(12,13)14)42-31-38(49(15,16)17)26-39(32-42)50(18,19)20;;;;/h22,24-33H,21H2,1-20H3;3*1H;/q-1;;;;+4/p-3. The summed E-state index contributed by atoms with van der Waals surface area (Å²) in [5, 5.41) is 5.95. The van der Waals surface area contributed by atoms with Crippen LogP contribution in [0.2, 0.25) is 0 Å². The summed E-state index contributed by atoms with van der Waals surface area (Å²) < 4.78 is 0. The van der Waals surface area contributed by atoms with E-state index in [1.54, 1.807) is 0 Å². The number of hydrogen-bond donors (Lipinski definition) is 0. The summed E-state index contributed by atoms with van der Waals surface area (Å²) in [7, 11) is -3.04. The fourth-order valence-electron chi connectivity index (χ4n) is 7.40. The molecule has 0 amide bonds. The summed E-state index contributed by atoms with van der Waals surface area (Å²) in [4.78, 5) is 0. The molecular formula is C50H73Cl3SiTi. The average Bonchev–Trinajstić information content (AvgIpc) is 3.45. The normalized spacial score (nSPS) is 14.3. The molecule has 0 N–H and O–H groups in total. The van der Waals surface area contributed by atoms with Crippen molar-refractivity contribution in [1.82, 2.24) is 0 Å². The van der Waals surface area contributed by atoms with Gasteiger partial charge < -0.3 is 37.2 Å². The van der Waals surface area contributed by atoms with Crippen molar-refractivity contribution >= 4 is 23.6 Å². The Morgan fingerprint density at radius 2 is 0.636 bits per heavy atom. The van der Waals surface area contributed by atoms with E-state index in [2.05, 4.69) is 205 Å². The third-order valence-electron chi connectivity index (χ3n) is 11.2. The van der Waals surface area contributed by atoms with E-state index in [9.17, 15) is 0 Å². The first-order valence-electron chi connectivity index (χ1n) is 19.7. The van der Waals surface area contributed by atoms with E-state index < -0.39 is 8.07 Å². The van der Waals surface area contributed by atoms with Crippen molar-refractivity contribution in [3.8, 4) is 0 Å². The van der Waals surface area contributed by atoms with Gasteiger partial charge in [0, 0.05) is 0 Å². The topological polar surface area (TPSA) is 0 Å². The first-order valence-corrected chi connectivity index (χ1v) is 21.7. The molecule has 0 radical (unpaired) electrons. The molecule has 0 bridgehead atoms. The van der Waals surface area contributed by atoms with Crippen LogP contribution in [0.15, 0.2) is 71.4 Å². The van der Waals surface area contributed by atoms with Crippen molar-refractivity contribution in [2.75, 3.05) is 0 Å². The maximum atomic E-state index is 4.16. The van der Waals surface area contributed by atoms with Gasteiger partial charge in [-0.2, -0.15) is 11.6 Å². The van der Waals surface area contributed by atoms with E-state index >= 15 is 0 Å². The molecule has 3 aromatic carbocycles. The zero-order valence-corrected chi connectivity index (χ0v) is 43.0. The first-order chi connectivity index (χ1) is 22.9. The van der Waals surface area contributed by atoms with E-state index in [1.807, 2.05) is 0 Å². The van der Waals surface area contributed by atoms with Crippen LogP contribution in [-0.4, -0.2) is 8.07 Å². The van der Waals surface area contributed by atoms with Crippen LogP contribution >= 0.6 is 0 Å². The summed E-state index contributed by atoms with van der Waals surface area (Å²) in [6, 6.07) is 23.3. The Bertz CT molecular complexity index is 1560. The molecule has 0 fully saturated rings. The van der Waals surface area contributed by atoms with Gasteiger partial charge in [0.1, 0.15) is 8.07 Å². The summed E-state index contributed by atoms with van der Waals surface area (Å²) in [6.07, 6.45) is 7.53. The molecule has 3 aromatic rings. The Balaban J connectivity index is 0.00000729. The van der Waals surface area contributed by atoms with Crippen molar-refractivity contribution in [3.63, 3.8) is 0 Å². The van der Waals surface area contributed by atoms with E-state index in [0.29, 0.717) is 5.92 Å². The summed E-state index contributed by atoms with van der Waals surface area (Å²) >= 11 is 0. The molecule has 1 aliphatic carbocycles. The van der Waals surface area contributed by atoms with E-state index in [0.717, 1.165) is 6.42 Å². The van der Waals surface area contributed by atoms with Gasteiger partial charge in [-0.15, -0.1) is 6.42 Å². The first kappa shape index (κ1) is 53.9. The van der Waals surface area contributed by atoms with Crippen molar-refractivity contribution < 1.29 is 58.9 Å². The van der Waals surface area contributed by atoms with Gasteiger partial charge >= 0.3 is 21.7 Å². The zero-order valence-electron chi connectivity index (χ0n) is 38.2. The third kappa shape index (κ3) is 11.6. The van der Waals surface area contributed by atoms with Crippen molar-refractivity contribution in [2.24, 2.45) is 5.92 Å². The van der Waals surface area contributed by atoms with Crippen molar-refractivity contribution in [3.05, 3.63) is 111 Å². The Morgan fingerprint density at radius 3 is 0.818 bits per heavy atom. The van der Waals surface area contributed by atoms with Crippen LogP contribution in [-0.2, 0) is 54.2 Å². The number of rotatable bonds is 5. The minimum Gasteiger partial charge on any atom is -1.00 e. The molecule has 0 nitrogen and oxygen atoms in total. The second-order valence-electron chi connectivity index (χ2n) is 22.2. The predicted octanol–water partition coefficient (Wildman–Crippen LogP) is 3.21. The molecule has 5 heteroatoms. The number of allylic oxidation sites excluding steroid dienone is 4. The zero-order chi connectivity index (χ0) is 38.9. The maximum Gasteiger partial charge on any atom is 4.00 e. The monoisotopic (exact) mass is 854 g/mol. The molecule has 4 rings (SSSR count). The molecule has 1 aliphatic rings. The molecule has 0 unspecified atom stereocenters. The summed E-state index contributed by atoms with van der Waals surface area (Å²) in [5.74, 6) is 0.399. The van der Waals surface area contributed by atoms with Gasteiger partial charge in [-0.1, -0.05) is 199 Å². The van der Waals surface area contributed by atoms with Crippen molar-refractivity contribution in [1.29, 1.82) is 0 Å². The predicted molar refractivity (Wildman–Crippen MR) is 230 cm³/mol. The molecule has 55 heavy (non-hydrogen) atoms. The minimum atomic E-state index is -3.04. The van der Waals surface area contributed by atoms with Crippen LogP contribution in [0.5, 0.6) is 0 Å². The van der Waals surface area contributed by atoms with Crippen LogP contribution in [0.4, 0.5) is 0 Å². The largest absolute Gasteiger partial charge is 4.00 e. The van der Waals surface area contributed by atoms with Gasteiger partial charge in [0.2, 0.25) is 0 Å². The van der Waals surface area contributed by atoms with Crippen molar-refractivity contribution in [2.45, 2.75) is 177 Å². The SMILES string of the molecule is CC(C)C1=CC[C-]=C1[Si](c1cc(C(C)(C)C)cc(C(C)(C)C)c1)(c1cc(C(C)(C)C)cc(C(C)(C)C)c1)c1cc(C(C)(C)C)cc(C(C)(C)C)c1.[Cl-].[Cl-].[Cl-].[Ti+4]. The molecule has 0 aromatic heterocycles. The Labute approximate surface area is 374 Å². The van der Waals surface area contributed by atoms with Crippen LogP contribution in [0.1, 0.15) is 178 Å². The van der Waals surface area contributed by atoms with Gasteiger partial charge in [0.05, 0.1) is 0 Å². The number of benzene rings is 3. The Hall–Kier alpha value is -1.06. The number of hydrogen-bond acceptors (Lipinski definition) is 0. The Morgan fingerprint density at radius 1 is 0.418 bits per heavy atom. The van der Waals surface area contributed by atoms with Gasteiger partial charge in [-0.05, 0) is 81.4 Å². The van der Waals surface area contributed by atoms with Crippen LogP contribution in [0.25, 0.3) is 0 Å². The summed E-state index contributed by atoms with van der Waals surface area (Å²) in [6.45, 7) is 47.7. The van der Waals surface area contributed by atoms with Gasteiger partial charge in [-0.3, -0.25) is 6.08 Å². The quantitative estimate of drug-likeness (QED) is 0.211. The maximum absolute atomic E-state index is 4.16. The van der Waals surface area contributed by atoms with Crippen LogP contribution in [0, 0.1) is 12.0 Å². The number of halogens is 3. The smallest absolute Gasteiger partial charge is 1.00 e. The molecule has 0 saturated heterocycles.